The normalized spacial score (nSPS) is 13.1. The second kappa shape index (κ2) is 9.24. The predicted molar refractivity (Wildman–Crippen MR) is 105 cm³/mol. The number of ether oxygens (including phenoxy) is 1. The summed E-state index contributed by atoms with van der Waals surface area (Å²) in [6, 6.07) is 8.03. The molecular weight excluding hydrogens is 383 g/mol. The van der Waals surface area contributed by atoms with Crippen LogP contribution in [0.1, 0.15) is 46.0 Å². The summed E-state index contributed by atoms with van der Waals surface area (Å²) < 4.78 is 22.3. The van der Waals surface area contributed by atoms with Crippen molar-refractivity contribution >= 4 is 13.6 Å². The first-order valence-corrected chi connectivity index (χ1v) is 10.6. The Kier molecular flexibility index (Phi) is 7.24. The van der Waals surface area contributed by atoms with Crippen LogP contribution in [0.25, 0.3) is 0 Å². The molecule has 0 amide bonds. The minimum absolute atomic E-state index is 0.140. The Bertz CT molecular complexity index is 884. The highest BCUT2D eigenvalue weighted by atomic mass is 31.2. The van der Waals surface area contributed by atoms with Gasteiger partial charge in [0.2, 0.25) is 0 Å². The van der Waals surface area contributed by atoms with Crippen molar-refractivity contribution in [1.82, 2.24) is 0 Å². The van der Waals surface area contributed by atoms with Crippen LogP contribution in [-0.2, 0) is 15.5 Å². The zero-order valence-electron chi connectivity index (χ0n) is 16.1. The number of hydrogen-bond acceptors (Lipinski definition) is 5. The van der Waals surface area contributed by atoms with Gasteiger partial charge in [-0.15, -0.1) is 0 Å². The van der Waals surface area contributed by atoms with E-state index in [1.165, 1.54) is 12.1 Å². The maximum absolute atomic E-state index is 11.9. The number of benzene rings is 2. The Balaban J connectivity index is 2.17. The number of carbonyl (C=O) groups is 1. The summed E-state index contributed by atoms with van der Waals surface area (Å²) in [5.41, 5.74) is 3.41. The van der Waals surface area contributed by atoms with Crippen molar-refractivity contribution < 1.29 is 33.7 Å². The third-order valence-corrected chi connectivity index (χ3v) is 5.27. The van der Waals surface area contributed by atoms with Gasteiger partial charge >= 0.3 is 13.6 Å². The number of carboxylic acid groups (broad SMARTS) is 1. The minimum Gasteiger partial charge on any atom is -0.507 e. The molecule has 3 N–H and O–H groups in total. The molecule has 28 heavy (non-hydrogen) atoms. The highest BCUT2D eigenvalue weighted by Crippen LogP contribution is 2.42. The van der Waals surface area contributed by atoms with E-state index in [9.17, 15) is 19.4 Å². The van der Waals surface area contributed by atoms with Crippen molar-refractivity contribution in [2.75, 3.05) is 13.0 Å². The van der Waals surface area contributed by atoms with E-state index >= 15 is 0 Å². The average molecular weight is 408 g/mol. The molecule has 0 heterocycles. The van der Waals surface area contributed by atoms with E-state index in [0.29, 0.717) is 18.6 Å². The lowest BCUT2D eigenvalue weighted by atomic mass is 9.95. The van der Waals surface area contributed by atoms with Crippen LogP contribution in [0.15, 0.2) is 30.3 Å². The summed E-state index contributed by atoms with van der Waals surface area (Å²) in [7, 11) is -3.79. The van der Waals surface area contributed by atoms with Gasteiger partial charge in [-0.1, -0.05) is 13.0 Å². The molecule has 0 bridgehead atoms. The lowest BCUT2D eigenvalue weighted by Gasteiger charge is -2.16. The number of hydrogen-bond donors (Lipinski definition) is 3. The van der Waals surface area contributed by atoms with Crippen molar-refractivity contribution in [1.29, 1.82) is 0 Å². The van der Waals surface area contributed by atoms with E-state index in [1.54, 1.807) is 18.2 Å². The molecular formula is C20H25O7P. The first kappa shape index (κ1) is 22.0. The molecule has 2 aromatic carbocycles. The third-order valence-electron chi connectivity index (χ3n) is 4.23. The van der Waals surface area contributed by atoms with Crippen LogP contribution < -0.4 is 4.74 Å². The van der Waals surface area contributed by atoms with Gasteiger partial charge in [-0.2, -0.15) is 0 Å². The molecule has 2 rings (SSSR count). The van der Waals surface area contributed by atoms with Crippen LogP contribution in [0, 0.1) is 13.8 Å². The van der Waals surface area contributed by atoms with Gasteiger partial charge in [0.25, 0.3) is 0 Å². The average Bonchev–Trinajstić information content (AvgIpc) is 2.62. The van der Waals surface area contributed by atoms with Gasteiger partial charge < -0.3 is 24.4 Å². The number of rotatable bonds is 9. The lowest BCUT2D eigenvalue weighted by Crippen LogP contribution is -2.04. The molecule has 2 aromatic rings. The topological polar surface area (TPSA) is 113 Å². The second-order valence-electron chi connectivity index (χ2n) is 6.61. The molecule has 0 fully saturated rings. The summed E-state index contributed by atoms with van der Waals surface area (Å²) in [4.78, 5) is 20.9. The quantitative estimate of drug-likeness (QED) is 0.532. The monoisotopic (exact) mass is 408 g/mol. The van der Waals surface area contributed by atoms with Gasteiger partial charge in [0.1, 0.15) is 17.1 Å². The fourth-order valence-electron chi connectivity index (χ4n) is 2.81. The summed E-state index contributed by atoms with van der Waals surface area (Å²) >= 11 is 0. The first-order chi connectivity index (χ1) is 13.1. The highest BCUT2D eigenvalue weighted by molar-refractivity contribution is 7.52. The molecule has 8 heteroatoms. The SMILES string of the molecule is CCCOP(=O)(O)COc1cc(C)c(Cc2ccc(O)c(C(=O)O)c2)c(C)c1. The van der Waals surface area contributed by atoms with Crippen LogP contribution in [0.4, 0.5) is 0 Å². The summed E-state index contributed by atoms with van der Waals surface area (Å²) in [6.45, 7) is 5.82. The van der Waals surface area contributed by atoms with Gasteiger partial charge in [-0.25, -0.2) is 4.79 Å². The molecule has 0 radical (unpaired) electrons. The Hall–Kier alpha value is -2.34. The third kappa shape index (κ3) is 5.83. The van der Waals surface area contributed by atoms with Gasteiger partial charge in [-0.05, 0) is 73.2 Å². The Morgan fingerprint density at radius 2 is 1.79 bits per heavy atom. The summed E-state index contributed by atoms with van der Waals surface area (Å²) in [5.74, 6) is -0.993. The van der Waals surface area contributed by atoms with Crippen molar-refractivity contribution in [3.05, 3.63) is 58.1 Å². The van der Waals surface area contributed by atoms with E-state index in [2.05, 4.69) is 0 Å². The standard InChI is InChI=1S/C20H25O7P/c1-4-7-27-28(24,25)12-26-16-8-13(2)17(14(3)9-16)10-15-5-6-19(21)18(11-15)20(22)23/h5-6,8-9,11,21H,4,7,10,12H2,1-3H3,(H,22,23)(H,24,25). The van der Waals surface area contributed by atoms with Gasteiger partial charge in [0.15, 0.2) is 6.35 Å². The predicted octanol–water partition coefficient (Wildman–Crippen LogP) is 4.25. The second-order valence-corrected chi connectivity index (χ2v) is 8.40. The number of phenols is 1. The maximum Gasteiger partial charge on any atom is 0.365 e. The highest BCUT2D eigenvalue weighted by Gasteiger charge is 2.20. The molecule has 0 aliphatic rings. The number of carboxylic acids is 1. The number of aromatic hydroxyl groups is 1. The molecule has 0 saturated carbocycles. The largest absolute Gasteiger partial charge is 0.507 e. The zero-order chi connectivity index (χ0) is 20.9. The van der Waals surface area contributed by atoms with E-state index < -0.39 is 19.9 Å². The molecule has 0 aromatic heterocycles. The van der Waals surface area contributed by atoms with Gasteiger partial charge in [0.05, 0.1) is 6.61 Å². The van der Waals surface area contributed by atoms with Crippen molar-refractivity contribution in [3.63, 3.8) is 0 Å². The molecule has 0 aliphatic carbocycles. The summed E-state index contributed by atoms with van der Waals surface area (Å²) in [5, 5.41) is 18.8. The van der Waals surface area contributed by atoms with Crippen LogP contribution in [0.2, 0.25) is 0 Å². The Morgan fingerprint density at radius 1 is 1.14 bits per heavy atom. The van der Waals surface area contributed by atoms with Crippen molar-refractivity contribution in [2.24, 2.45) is 0 Å². The molecule has 1 unspecified atom stereocenters. The van der Waals surface area contributed by atoms with Crippen LogP contribution in [0.3, 0.4) is 0 Å². The van der Waals surface area contributed by atoms with E-state index in [0.717, 1.165) is 22.3 Å². The summed E-state index contributed by atoms with van der Waals surface area (Å²) in [6.07, 6.45) is 0.695. The van der Waals surface area contributed by atoms with Crippen LogP contribution in [-0.4, -0.2) is 34.0 Å². The Labute approximate surface area is 164 Å². The van der Waals surface area contributed by atoms with Gasteiger partial charge in [-0.3, -0.25) is 4.57 Å². The fraction of sp³-hybridized carbons (Fsp3) is 0.350. The molecule has 0 spiro atoms. The zero-order valence-corrected chi connectivity index (χ0v) is 17.0. The van der Waals surface area contributed by atoms with E-state index in [4.69, 9.17) is 14.4 Å². The first-order valence-electron chi connectivity index (χ1n) is 8.87. The van der Waals surface area contributed by atoms with Crippen LogP contribution >= 0.6 is 7.60 Å². The van der Waals surface area contributed by atoms with E-state index in [-0.39, 0.29) is 17.9 Å². The molecule has 0 saturated heterocycles. The molecule has 7 nitrogen and oxygen atoms in total. The molecule has 1 atom stereocenters. The smallest absolute Gasteiger partial charge is 0.365 e. The lowest BCUT2D eigenvalue weighted by molar-refractivity contribution is 0.0693. The van der Waals surface area contributed by atoms with Crippen molar-refractivity contribution in [3.8, 4) is 11.5 Å². The number of aryl methyl sites for hydroxylation is 2. The molecule has 0 aliphatic heterocycles. The van der Waals surface area contributed by atoms with E-state index in [1.807, 2.05) is 20.8 Å². The minimum atomic E-state index is -3.79. The maximum atomic E-state index is 11.9. The molecule has 152 valence electrons. The number of aromatic carboxylic acids is 1. The Morgan fingerprint density at radius 3 is 2.36 bits per heavy atom. The fourth-order valence-corrected chi connectivity index (χ4v) is 3.67. The van der Waals surface area contributed by atoms with Crippen LogP contribution in [0.5, 0.6) is 11.5 Å². The van der Waals surface area contributed by atoms with Gasteiger partial charge in [0, 0.05) is 0 Å². The van der Waals surface area contributed by atoms with Crippen molar-refractivity contribution in [2.45, 2.75) is 33.6 Å².